The van der Waals surface area contributed by atoms with Gasteiger partial charge >= 0.3 is 12.0 Å². The molecule has 0 spiro atoms. The summed E-state index contributed by atoms with van der Waals surface area (Å²) in [5.41, 5.74) is 7.78. The van der Waals surface area contributed by atoms with Gasteiger partial charge in [0.1, 0.15) is 11.0 Å². The standard InChI is InChI=1S/C20H26N4O4S/c1-12(2)13-5-7-14(8-6-13)18-23-15(11-29-18)10-17(25)24-16(19(26)27)4-3-9-22-20(21)28/h5-8,11-12,16H,3-4,9-10H2,1-2H3,(H,24,25)(H,26,27)(H3,21,22,28)/t16-/m1/s1. The Morgan fingerprint density at radius 3 is 2.48 bits per heavy atom. The van der Waals surface area contributed by atoms with Crippen molar-refractivity contribution in [3.8, 4) is 10.6 Å². The van der Waals surface area contributed by atoms with Crippen LogP contribution in [-0.2, 0) is 16.0 Å². The Kier molecular flexibility index (Phi) is 8.14. The molecule has 0 radical (unpaired) electrons. The lowest BCUT2D eigenvalue weighted by Crippen LogP contribution is -2.42. The second-order valence-corrected chi connectivity index (χ2v) is 7.85. The van der Waals surface area contributed by atoms with Gasteiger partial charge in [-0.2, -0.15) is 0 Å². The topological polar surface area (TPSA) is 134 Å². The predicted octanol–water partition coefficient (Wildman–Crippen LogP) is 2.49. The van der Waals surface area contributed by atoms with Gasteiger partial charge in [0, 0.05) is 17.5 Å². The van der Waals surface area contributed by atoms with Crippen LogP contribution in [0.3, 0.4) is 0 Å². The molecule has 0 aliphatic heterocycles. The SMILES string of the molecule is CC(C)c1ccc(-c2nc(CC(=O)N[C@H](CCCNC(N)=O)C(=O)O)cs2)cc1. The summed E-state index contributed by atoms with van der Waals surface area (Å²) in [5, 5.41) is 16.8. The molecule has 0 unspecified atom stereocenters. The number of hydrogen-bond donors (Lipinski definition) is 4. The highest BCUT2D eigenvalue weighted by atomic mass is 32.1. The first-order valence-electron chi connectivity index (χ1n) is 9.36. The van der Waals surface area contributed by atoms with Crippen LogP contribution in [0.2, 0.25) is 0 Å². The van der Waals surface area contributed by atoms with Gasteiger partial charge < -0.3 is 21.5 Å². The Morgan fingerprint density at radius 1 is 1.21 bits per heavy atom. The second kappa shape index (κ2) is 10.6. The fraction of sp³-hybridized carbons (Fsp3) is 0.400. The highest BCUT2D eigenvalue weighted by Gasteiger charge is 2.20. The van der Waals surface area contributed by atoms with Crippen molar-refractivity contribution in [1.29, 1.82) is 0 Å². The van der Waals surface area contributed by atoms with E-state index in [2.05, 4.69) is 41.6 Å². The zero-order chi connectivity index (χ0) is 21.4. The molecule has 0 saturated heterocycles. The van der Waals surface area contributed by atoms with Crippen molar-refractivity contribution in [2.24, 2.45) is 5.73 Å². The summed E-state index contributed by atoms with van der Waals surface area (Å²) in [6.45, 7) is 4.52. The van der Waals surface area contributed by atoms with E-state index in [1.807, 2.05) is 12.1 Å². The lowest BCUT2D eigenvalue weighted by molar-refractivity contribution is -0.141. The number of primary amides is 1. The maximum absolute atomic E-state index is 12.2. The van der Waals surface area contributed by atoms with E-state index in [0.29, 0.717) is 18.0 Å². The van der Waals surface area contributed by atoms with Crippen LogP contribution in [-0.4, -0.2) is 40.6 Å². The Hall–Kier alpha value is -2.94. The largest absolute Gasteiger partial charge is 0.480 e. The van der Waals surface area contributed by atoms with Gasteiger partial charge in [0.15, 0.2) is 0 Å². The lowest BCUT2D eigenvalue weighted by atomic mass is 10.0. The first-order valence-corrected chi connectivity index (χ1v) is 10.2. The van der Waals surface area contributed by atoms with Crippen molar-refractivity contribution >= 4 is 29.2 Å². The Labute approximate surface area is 173 Å². The lowest BCUT2D eigenvalue weighted by Gasteiger charge is -2.14. The summed E-state index contributed by atoms with van der Waals surface area (Å²) in [4.78, 5) is 38.7. The van der Waals surface area contributed by atoms with Crippen molar-refractivity contribution in [2.45, 2.75) is 45.1 Å². The number of nitrogens with zero attached hydrogens (tertiary/aromatic N) is 1. The number of urea groups is 1. The Morgan fingerprint density at radius 2 is 1.90 bits per heavy atom. The van der Waals surface area contributed by atoms with Gasteiger partial charge in [0.2, 0.25) is 5.91 Å². The van der Waals surface area contributed by atoms with Crippen molar-refractivity contribution < 1.29 is 19.5 Å². The average Bonchev–Trinajstić information content (AvgIpc) is 3.12. The van der Waals surface area contributed by atoms with Crippen LogP contribution in [0.15, 0.2) is 29.6 Å². The normalized spacial score (nSPS) is 11.8. The summed E-state index contributed by atoms with van der Waals surface area (Å²) in [6.07, 6.45) is 0.573. The molecule has 1 atom stereocenters. The average molecular weight is 419 g/mol. The molecule has 2 aromatic rings. The molecule has 8 nitrogen and oxygen atoms in total. The molecule has 0 aliphatic rings. The molecule has 29 heavy (non-hydrogen) atoms. The summed E-state index contributed by atoms with van der Waals surface area (Å²) in [7, 11) is 0. The fourth-order valence-electron chi connectivity index (χ4n) is 2.72. The number of nitrogens with one attached hydrogen (secondary N) is 2. The molecule has 0 bridgehead atoms. The monoisotopic (exact) mass is 418 g/mol. The fourth-order valence-corrected chi connectivity index (χ4v) is 3.54. The number of carboxylic acids is 1. The van der Waals surface area contributed by atoms with Crippen LogP contribution in [0.4, 0.5) is 4.79 Å². The first kappa shape index (κ1) is 22.4. The van der Waals surface area contributed by atoms with Gasteiger partial charge in [-0.05, 0) is 24.3 Å². The third kappa shape index (κ3) is 7.19. The third-order valence-corrected chi connectivity index (χ3v) is 5.26. The zero-order valence-corrected chi connectivity index (χ0v) is 17.3. The van der Waals surface area contributed by atoms with E-state index < -0.39 is 23.9 Å². The van der Waals surface area contributed by atoms with Crippen molar-refractivity contribution in [3.63, 3.8) is 0 Å². The minimum atomic E-state index is -1.12. The highest BCUT2D eigenvalue weighted by Crippen LogP contribution is 2.26. The minimum absolute atomic E-state index is 0.00386. The van der Waals surface area contributed by atoms with E-state index in [4.69, 9.17) is 5.73 Å². The Bertz CT molecular complexity index is 848. The van der Waals surface area contributed by atoms with E-state index in [1.54, 1.807) is 5.38 Å². The van der Waals surface area contributed by atoms with Gasteiger partial charge in [0.05, 0.1) is 12.1 Å². The number of aromatic nitrogens is 1. The second-order valence-electron chi connectivity index (χ2n) is 6.99. The van der Waals surface area contributed by atoms with Gasteiger partial charge in [0.25, 0.3) is 0 Å². The molecule has 9 heteroatoms. The molecule has 5 N–H and O–H groups in total. The number of carbonyl (C=O) groups excluding carboxylic acids is 2. The van der Waals surface area contributed by atoms with E-state index in [1.165, 1.54) is 16.9 Å². The summed E-state index contributed by atoms with van der Waals surface area (Å²) < 4.78 is 0. The van der Waals surface area contributed by atoms with Crippen molar-refractivity contribution in [3.05, 3.63) is 40.9 Å². The zero-order valence-electron chi connectivity index (χ0n) is 16.5. The minimum Gasteiger partial charge on any atom is -0.480 e. The number of nitrogens with two attached hydrogens (primary N) is 1. The first-order chi connectivity index (χ1) is 13.8. The highest BCUT2D eigenvalue weighted by molar-refractivity contribution is 7.13. The van der Waals surface area contributed by atoms with E-state index in [0.717, 1.165) is 10.6 Å². The van der Waals surface area contributed by atoms with Crippen LogP contribution in [0, 0.1) is 0 Å². The molecule has 1 aromatic heterocycles. The summed E-state index contributed by atoms with van der Waals surface area (Å²) in [6, 6.07) is 6.46. The smallest absolute Gasteiger partial charge is 0.326 e. The molecule has 156 valence electrons. The van der Waals surface area contributed by atoms with Crippen LogP contribution in [0.1, 0.15) is 43.9 Å². The molecular weight excluding hydrogens is 392 g/mol. The molecule has 1 heterocycles. The van der Waals surface area contributed by atoms with E-state index >= 15 is 0 Å². The molecule has 0 saturated carbocycles. The number of aliphatic carboxylic acids is 1. The third-order valence-electron chi connectivity index (χ3n) is 4.32. The molecule has 0 aliphatic carbocycles. The number of rotatable bonds is 10. The maximum Gasteiger partial charge on any atom is 0.326 e. The van der Waals surface area contributed by atoms with Crippen LogP contribution < -0.4 is 16.4 Å². The van der Waals surface area contributed by atoms with E-state index in [-0.39, 0.29) is 19.4 Å². The molecular formula is C20H26N4O4S. The van der Waals surface area contributed by atoms with Crippen LogP contribution in [0.5, 0.6) is 0 Å². The van der Waals surface area contributed by atoms with Gasteiger partial charge in [-0.1, -0.05) is 38.1 Å². The summed E-state index contributed by atoms with van der Waals surface area (Å²) >= 11 is 1.44. The van der Waals surface area contributed by atoms with Gasteiger partial charge in [-0.15, -0.1) is 11.3 Å². The molecule has 1 aromatic carbocycles. The maximum atomic E-state index is 12.2. The van der Waals surface area contributed by atoms with Crippen LogP contribution >= 0.6 is 11.3 Å². The Balaban J connectivity index is 1.91. The number of carboxylic acid groups (broad SMARTS) is 1. The van der Waals surface area contributed by atoms with Gasteiger partial charge in [-0.25, -0.2) is 14.6 Å². The van der Waals surface area contributed by atoms with E-state index in [9.17, 15) is 19.5 Å². The summed E-state index contributed by atoms with van der Waals surface area (Å²) in [5.74, 6) is -1.08. The molecule has 2 rings (SSSR count). The van der Waals surface area contributed by atoms with Crippen LogP contribution in [0.25, 0.3) is 10.6 Å². The molecule has 3 amide bonds. The number of amides is 3. The number of benzene rings is 1. The number of hydrogen-bond acceptors (Lipinski definition) is 5. The van der Waals surface area contributed by atoms with Crippen molar-refractivity contribution in [1.82, 2.24) is 15.6 Å². The number of thiazole rings is 1. The number of carbonyl (C=O) groups is 3. The van der Waals surface area contributed by atoms with Gasteiger partial charge in [-0.3, -0.25) is 4.79 Å². The predicted molar refractivity (Wildman–Crippen MR) is 112 cm³/mol. The van der Waals surface area contributed by atoms with Crippen molar-refractivity contribution in [2.75, 3.05) is 6.54 Å². The quantitative estimate of drug-likeness (QED) is 0.440. The molecule has 0 fully saturated rings.